The number of nitrogens with zero attached hydrogens (tertiary/aromatic N) is 2. The van der Waals surface area contributed by atoms with Crippen LogP contribution in [0.25, 0.3) is 0 Å². The maximum Gasteiger partial charge on any atom is 0.222 e. The van der Waals surface area contributed by atoms with Crippen LogP contribution in [-0.4, -0.2) is 21.6 Å². The number of halogens is 1. The molecule has 0 radical (unpaired) electrons. The van der Waals surface area contributed by atoms with Crippen LogP contribution in [0.1, 0.15) is 12.7 Å². The van der Waals surface area contributed by atoms with E-state index in [4.69, 9.17) is 4.42 Å². The monoisotopic (exact) mass is 237 g/mol. The summed E-state index contributed by atoms with van der Waals surface area (Å²) in [5, 5.41) is 12.9. The average molecular weight is 237 g/mol. The maximum atomic E-state index is 12.6. The van der Waals surface area contributed by atoms with E-state index in [1.807, 2.05) is 0 Å². The van der Waals surface area contributed by atoms with Crippen LogP contribution in [0.4, 0.5) is 10.3 Å². The Morgan fingerprint density at radius 3 is 2.76 bits per heavy atom. The Morgan fingerprint density at radius 1 is 1.47 bits per heavy atom. The number of nitrogens with one attached hydrogen (secondary N) is 1. The largest absolute Gasteiger partial charge is 0.466 e. The van der Waals surface area contributed by atoms with E-state index in [2.05, 4.69) is 15.3 Å². The molecule has 0 aliphatic rings. The van der Waals surface area contributed by atoms with Crippen LogP contribution in [-0.2, 0) is 5.60 Å². The van der Waals surface area contributed by atoms with E-state index >= 15 is 0 Å². The lowest BCUT2D eigenvalue weighted by atomic mass is 10.0. The second kappa shape index (κ2) is 4.50. The fourth-order valence-corrected chi connectivity index (χ4v) is 1.33. The van der Waals surface area contributed by atoms with Gasteiger partial charge in [-0.3, -0.25) is 0 Å². The Labute approximate surface area is 97.3 Å². The summed E-state index contributed by atoms with van der Waals surface area (Å²) < 4.78 is 17.7. The Kier molecular flexibility index (Phi) is 3.06. The van der Waals surface area contributed by atoms with E-state index in [-0.39, 0.29) is 12.5 Å². The Hall–Kier alpha value is -1.95. The lowest BCUT2D eigenvalue weighted by Crippen LogP contribution is -2.30. The predicted molar refractivity (Wildman–Crippen MR) is 58.8 cm³/mol. The molecule has 0 bridgehead atoms. The minimum absolute atomic E-state index is 0.159. The van der Waals surface area contributed by atoms with E-state index in [1.54, 1.807) is 19.1 Å². The van der Waals surface area contributed by atoms with E-state index in [0.29, 0.717) is 5.76 Å². The molecule has 5 nitrogen and oxygen atoms in total. The third-order valence-electron chi connectivity index (χ3n) is 2.26. The Bertz CT molecular complexity index is 468. The molecular weight excluding hydrogens is 225 g/mol. The van der Waals surface area contributed by atoms with Gasteiger partial charge in [0.1, 0.15) is 11.4 Å². The number of hydrogen-bond acceptors (Lipinski definition) is 5. The third kappa shape index (κ3) is 2.79. The number of furan rings is 1. The first-order chi connectivity index (χ1) is 8.08. The van der Waals surface area contributed by atoms with Gasteiger partial charge in [0.15, 0.2) is 5.82 Å². The minimum atomic E-state index is -1.18. The molecule has 0 saturated carbocycles. The van der Waals surface area contributed by atoms with Gasteiger partial charge in [0, 0.05) is 0 Å². The van der Waals surface area contributed by atoms with Crippen molar-refractivity contribution in [1.29, 1.82) is 0 Å². The second-order valence-electron chi connectivity index (χ2n) is 3.83. The fourth-order valence-electron chi connectivity index (χ4n) is 1.33. The summed E-state index contributed by atoms with van der Waals surface area (Å²) in [5.41, 5.74) is -1.18. The number of rotatable bonds is 4. The van der Waals surface area contributed by atoms with E-state index in [9.17, 15) is 9.50 Å². The molecule has 2 rings (SSSR count). The lowest BCUT2D eigenvalue weighted by Gasteiger charge is -2.20. The van der Waals surface area contributed by atoms with Crippen LogP contribution in [0.2, 0.25) is 0 Å². The van der Waals surface area contributed by atoms with Crippen LogP contribution in [0.3, 0.4) is 0 Å². The fraction of sp³-hybridized carbons (Fsp3) is 0.273. The van der Waals surface area contributed by atoms with Crippen molar-refractivity contribution in [1.82, 2.24) is 9.97 Å². The van der Waals surface area contributed by atoms with Crippen molar-refractivity contribution in [3.63, 3.8) is 0 Å². The molecule has 17 heavy (non-hydrogen) atoms. The molecule has 1 unspecified atom stereocenters. The zero-order chi connectivity index (χ0) is 12.3. The molecule has 0 aliphatic heterocycles. The van der Waals surface area contributed by atoms with Gasteiger partial charge in [-0.25, -0.2) is 14.4 Å². The molecule has 90 valence electrons. The van der Waals surface area contributed by atoms with Gasteiger partial charge < -0.3 is 14.8 Å². The number of aliphatic hydroxyl groups is 1. The Balaban J connectivity index is 2.00. The van der Waals surface area contributed by atoms with Crippen molar-refractivity contribution < 1.29 is 13.9 Å². The molecule has 2 heterocycles. The Morgan fingerprint density at radius 2 is 2.18 bits per heavy atom. The molecule has 0 amide bonds. The quantitative estimate of drug-likeness (QED) is 0.843. The summed E-state index contributed by atoms with van der Waals surface area (Å²) >= 11 is 0. The SMILES string of the molecule is CC(O)(CNc1ncc(F)cn1)c1ccco1. The highest BCUT2D eigenvalue weighted by atomic mass is 19.1. The minimum Gasteiger partial charge on any atom is -0.466 e. The molecule has 2 N–H and O–H groups in total. The van der Waals surface area contributed by atoms with E-state index in [1.165, 1.54) is 6.26 Å². The number of anilines is 1. The number of aromatic nitrogens is 2. The van der Waals surface area contributed by atoms with Crippen LogP contribution in [0.5, 0.6) is 0 Å². The van der Waals surface area contributed by atoms with Gasteiger partial charge in [0.25, 0.3) is 0 Å². The van der Waals surface area contributed by atoms with Gasteiger partial charge in [-0.05, 0) is 19.1 Å². The first kappa shape index (κ1) is 11.5. The van der Waals surface area contributed by atoms with Gasteiger partial charge >= 0.3 is 0 Å². The van der Waals surface area contributed by atoms with Crippen molar-refractivity contribution >= 4 is 5.95 Å². The van der Waals surface area contributed by atoms with E-state index in [0.717, 1.165) is 12.4 Å². The smallest absolute Gasteiger partial charge is 0.222 e. The van der Waals surface area contributed by atoms with Gasteiger partial charge in [-0.15, -0.1) is 0 Å². The van der Waals surface area contributed by atoms with Crippen molar-refractivity contribution in [2.24, 2.45) is 0 Å². The topological polar surface area (TPSA) is 71.2 Å². The molecular formula is C11H12FN3O2. The first-order valence-corrected chi connectivity index (χ1v) is 5.06. The first-order valence-electron chi connectivity index (χ1n) is 5.06. The predicted octanol–water partition coefficient (Wildman–Crippen LogP) is 1.53. The number of hydrogen-bond donors (Lipinski definition) is 2. The molecule has 0 aliphatic carbocycles. The second-order valence-corrected chi connectivity index (χ2v) is 3.83. The van der Waals surface area contributed by atoms with Gasteiger partial charge in [-0.1, -0.05) is 0 Å². The molecule has 2 aromatic rings. The van der Waals surface area contributed by atoms with Crippen molar-refractivity contribution in [3.8, 4) is 0 Å². The highest BCUT2D eigenvalue weighted by Crippen LogP contribution is 2.20. The summed E-state index contributed by atoms with van der Waals surface area (Å²) in [4.78, 5) is 7.45. The van der Waals surface area contributed by atoms with Crippen LogP contribution < -0.4 is 5.32 Å². The summed E-state index contributed by atoms with van der Waals surface area (Å²) in [6.07, 6.45) is 3.59. The van der Waals surface area contributed by atoms with Gasteiger partial charge in [0.05, 0.1) is 25.2 Å². The molecule has 0 aromatic carbocycles. The zero-order valence-electron chi connectivity index (χ0n) is 9.22. The summed E-state index contributed by atoms with van der Waals surface area (Å²) in [6, 6.07) is 3.37. The van der Waals surface area contributed by atoms with Crippen LogP contribution >= 0.6 is 0 Å². The maximum absolute atomic E-state index is 12.6. The standard InChI is InChI=1S/C11H12FN3O2/c1-11(16,9-3-2-4-17-9)7-15-10-13-5-8(12)6-14-10/h2-6,16H,7H2,1H3,(H,13,14,15). The summed E-state index contributed by atoms with van der Waals surface area (Å²) in [6.45, 7) is 1.76. The highest BCUT2D eigenvalue weighted by Gasteiger charge is 2.26. The molecule has 2 aromatic heterocycles. The van der Waals surface area contributed by atoms with Crippen LogP contribution in [0.15, 0.2) is 35.2 Å². The van der Waals surface area contributed by atoms with Crippen molar-refractivity contribution in [2.45, 2.75) is 12.5 Å². The van der Waals surface area contributed by atoms with Gasteiger partial charge in [0.2, 0.25) is 5.95 Å². The molecule has 0 saturated heterocycles. The average Bonchev–Trinajstić information content (AvgIpc) is 2.82. The molecule has 1 atom stereocenters. The van der Waals surface area contributed by atoms with E-state index < -0.39 is 11.4 Å². The molecule has 0 spiro atoms. The lowest BCUT2D eigenvalue weighted by molar-refractivity contribution is 0.0475. The normalized spacial score (nSPS) is 14.3. The van der Waals surface area contributed by atoms with Crippen molar-refractivity contribution in [2.75, 3.05) is 11.9 Å². The van der Waals surface area contributed by atoms with Crippen molar-refractivity contribution in [3.05, 3.63) is 42.4 Å². The molecule has 0 fully saturated rings. The van der Waals surface area contributed by atoms with Crippen LogP contribution in [0, 0.1) is 5.82 Å². The highest BCUT2D eigenvalue weighted by molar-refractivity contribution is 5.24. The zero-order valence-corrected chi connectivity index (χ0v) is 9.22. The van der Waals surface area contributed by atoms with Gasteiger partial charge in [-0.2, -0.15) is 0 Å². The third-order valence-corrected chi connectivity index (χ3v) is 2.26. The molecule has 6 heteroatoms. The summed E-state index contributed by atoms with van der Waals surface area (Å²) in [7, 11) is 0. The summed E-state index contributed by atoms with van der Waals surface area (Å²) in [5.74, 6) is 0.179.